The number of hydrogen-bond donors (Lipinski definition) is 1. The molecule has 0 bridgehead atoms. The van der Waals surface area contributed by atoms with Crippen LogP contribution in [0.2, 0.25) is 0 Å². The van der Waals surface area contributed by atoms with Crippen molar-refractivity contribution in [2.75, 3.05) is 24.3 Å². The van der Waals surface area contributed by atoms with Crippen molar-refractivity contribution >= 4 is 23.2 Å². The molecule has 2 aromatic rings. The van der Waals surface area contributed by atoms with Gasteiger partial charge in [-0.2, -0.15) is 0 Å². The maximum atomic E-state index is 13.1. The largest absolute Gasteiger partial charge is 0.377 e. The fraction of sp³-hybridized carbons (Fsp3) is 0.440. The van der Waals surface area contributed by atoms with Crippen LogP contribution in [0.3, 0.4) is 0 Å². The molecule has 2 amide bonds. The Balaban J connectivity index is 2.44. The maximum absolute atomic E-state index is 13.1. The zero-order valence-electron chi connectivity index (χ0n) is 19.3. The molecule has 0 heterocycles. The fourth-order valence-corrected chi connectivity index (χ4v) is 3.35. The Morgan fingerprint density at radius 2 is 1.53 bits per heavy atom. The van der Waals surface area contributed by atoms with Gasteiger partial charge in [-0.05, 0) is 36.2 Å². The molecule has 5 nitrogen and oxygen atoms in total. The first-order valence-corrected chi connectivity index (χ1v) is 10.6. The Morgan fingerprint density at radius 1 is 0.900 bits per heavy atom. The van der Waals surface area contributed by atoms with Crippen molar-refractivity contribution in [3.63, 3.8) is 0 Å². The Hall–Kier alpha value is -2.82. The van der Waals surface area contributed by atoms with E-state index < -0.39 is 0 Å². The van der Waals surface area contributed by atoms with Crippen molar-refractivity contribution in [2.24, 2.45) is 11.8 Å². The maximum Gasteiger partial charge on any atom is 0.226 e. The van der Waals surface area contributed by atoms with Crippen molar-refractivity contribution in [2.45, 2.75) is 47.2 Å². The summed E-state index contributed by atoms with van der Waals surface area (Å²) in [6.07, 6.45) is 0. The zero-order chi connectivity index (χ0) is 22.4. The number of anilines is 2. The summed E-state index contributed by atoms with van der Waals surface area (Å²) < 4.78 is 0. The van der Waals surface area contributed by atoms with Gasteiger partial charge in [-0.3, -0.25) is 9.59 Å². The van der Waals surface area contributed by atoms with Crippen LogP contribution in [0.15, 0.2) is 48.5 Å². The van der Waals surface area contributed by atoms with Gasteiger partial charge in [0.1, 0.15) is 0 Å². The van der Waals surface area contributed by atoms with Gasteiger partial charge >= 0.3 is 0 Å². The summed E-state index contributed by atoms with van der Waals surface area (Å²) in [4.78, 5) is 29.3. The van der Waals surface area contributed by atoms with E-state index in [-0.39, 0.29) is 29.7 Å². The minimum absolute atomic E-state index is 0.0219. The van der Waals surface area contributed by atoms with Crippen LogP contribution in [0.4, 0.5) is 11.4 Å². The van der Waals surface area contributed by atoms with Gasteiger partial charge in [0.15, 0.2) is 0 Å². The quantitative estimate of drug-likeness (QED) is 0.660. The second-order valence-corrected chi connectivity index (χ2v) is 8.59. The summed E-state index contributed by atoms with van der Waals surface area (Å²) in [5.74, 6) is -0.124. The summed E-state index contributed by atoms with van der Waals surface area (Å²) in [5.41, 5.74) is 3.87. The molecular formula is C25H35N3O2. The van der Waals surface area contributed by atoms with E-state index in [0.29, 0.717) is 6.54 Å². The number of amides is 2. The van der Waals surface area contributed by atoms with Crippen molar-refractivity contribution in [3.05, 3.63) is 59.7 Å². The Bertz CT molecular complexity index is 860. The molecular weight excluding hydrogens is 374 g/mol. The van der Waals surface area contributed by atoms with Crippen LogP contribution in [0, 0.1) is 11.8 Å². The highest BCUT2D eigenvalue weighted by Gasteiger charge is 2.25. The summed E-state index contributed by atoms with van der Waals surface area (Å²) in [6, 6.07) is 15.9. The van der Waals surface area contributed by atoms with Gasteiger partial charge in [-0.25, -0.2) is 0 Å². The van der Waals surface area contributed by atoms with E-state index in [1.54, 1.807) is 0 Å². The van der Waals surface area contributed by atoms with E-state index >= 15 is 0 Å². The van der Waals surface area contributed by atoms with Crippen LogP contribution in [-0.4, -0.2) is 30.8 Å². The van der Waals surface area contributed by atoms with E-state index in [0.717, 1.165) is 22.5 Å². The lowest BCUT2D eigenvalue weighted by Gasteiger charge is -2.33. The third-order valence-electron chi connectivity index (χ3n) is 5.22. The van der Waals surface area contributed by atoms with Gasteiger partial charge in [-0.1, -0.05) is 58.0 Å². The molecule has 30 heavy (non-hydrogen) atoms. The summed E-state index contributed by atoms with van der Waals surface area (Å²) in [6.45, 7) is 10.1. The molecule has 2 rings (SSSR count). The van der Waals surface area contributed by atoms with Gasteiger partial charge in [0, 0.05) is 43.9 Å². The Morgan fingerprint density at radius 3 is 2.07 bits per heavy atom. The van der Waals surface area contributed by atoms with Gasteiger partial charge in [0.2, 0.25) is 11.8 Å². The van der Waals surface area contributed by atoms with E-state index in [4.69, 9.17) is 0 Å². The average Bonchev–Trinajstić information content (AvgIpc) is 2.71. The average molecular weight is 410 g/mol. The lowest BCUT2D eigenvalue weighted by molar-refractivity contribution is -0.137. The van der Waals surface area contributed by atoms with E-state index in [1.165, 1.54) is 0 Å². The van der Waals surface area contributed by atoms with Crippen molar-refractivity contribution < 1.29 is 9.59 Å². The van der Waals surface area contributed by atoms with Crippen molar-refractivity contribution in [1.29, 1.82) is 0 Å². The Kier molecular flexibility index (Phi) is 8.04. The molecule has 0 aliphatic carbocycles. The van der Waals surface area contributed by atoms with E-state index in [2.05, 4.69) is 24.4 Å². The molecule has 0 saturated carbocycles. The van der Waals surface area contributed by atoms with Crippen LogP contribution in [0.25, 0.3) is 0 Å². The molecule has 0 aromatic heterocycles. The number of rotatable bonds is 8. The highest BCUT2D eigenvalue weighted by atomic mass is 16.2. The highest BCUT2D eigenvalue weighted by molar-refractivity contribution is 5.92. The van der Waals surface area contributed by atoms with Crippen LogP contribution in [0.1, 0.15) is 51.8 Å². The SMILES string of the molecule is CC(C)C(=O)Nc1ccc(N(C)C)c(CN(C(=O)C(C)C)[C@H](C)c2ccccc2)c1. The molecule has 2 aromatic carbocycles. The number of carbonyl (C=O) groups is 2. The molecule has 0 fully saturated rings. The molecule has 162 valence electrons. The topological polar surface area (TPSA) is 52.7 Å². The first-order chi connectivity index (χ1) is 14.1. The predicted molar refractivity (Wildman–Crippen MR) is 124 cm³/mol. The third-order valence-corrected chi connectivity index (χ3v) is 5.22. The summed E-state index contributed by atoms with van der Waals surface area (Å²) in [7, 11) is 3.97. The van der Waals surface area contributed by atoms with Gasteiger partial charge in [0.25, 0.3) is 0 Å². The van der Waals surface area contributed by atoms with Crippen LogP contribution >= 0.6 is 0 Å². The predicted octanol–water partition coefficient (Wildman–Crippen LogP) is 5.09. The van der Waals surface area contributed by atoms with Crippen LogP contribution in [-0.2, 0) is 16.1 Å². The number of nitrogens with zero attached hydrogens (tertiary/aromatic N) is 2. The minimum atomic E-state index is -0.109. The second-order valence-electron chi connectivity index (χ2n) is 8.59. The van der Waals surface area contributed by atoms with Crippen molar-refractivity contribution in [3.8, 4) is 0 Å². The van der Waals surface area contributed by atoms with Gasteiger partial charge in [0.05, 0.1) is 6.04 Å². The summed E-state index contributed by atoms with van der Waals surface area (Å²) in [5, 5.41) is 2.97. The first-order valence-electron chi connectivity index (χ1n) is 10.6. The number of nitrogens with one attached hydrogen (secondary N) is 1. The van der Waals surface area contributed by atoms with E-state index in [9.17, 15) is 9.59 Å². The molecule has 1 atom stereocenters. The van der Waals surface area contributed by atoms with Crippen LogP contribution in [0.5, 0.6) is 0 Å². The minimum Gasteiger partial charge on any atom is -0.377 e. The van der Waals surface area contributed by atoms with Gasteiger partial charge < -0.3 is 15.1 Å². The lowest BCUT2D eigenvalue weighted by Crippen LogP contribution is -2.36. The summed E-state index contributed by atoms with van der Waals surface area (Å²) >= 11 is 0. The first kappa shape index (κ1) is 23.5. The zero-order valence-corrected chi connectivity index (χ0v) is 19.3. The third kappa shape index (κ3) is 5.85. The molecule has 1 N–H and O–H groups in total. The highest BCUT2D eigenvalue weighted by Crippen LogP contribution is 2.29. The Labute approximate surface area is 181 Å². The number of benzene rings is 2. The molecule has 5 heteroatoms. The molecule has 0 saturated heterocycles. The standard InChI is InChI=1S/C25H35N3O2/c1-17(2)24(29)26-22-13-14-23(27(6)7)21(15-22)16-28(25(30)18(3)4)19(5)20-11-9-8-10-12-20/h8-15,17-19H,16H2,1-7H3,(H,26,29)/t19-/m1/s1. The normalized spacial score (nSPS) is 12.0. The molecule has 0 aliphatic rings. The van der Waals surface area contributed by atoms with Gasteiger partial charge in [-0.15, -0.1) is 0 Å². The molecule has 0 radical (unpaired) electrons. The molecule has 0 unspecified atom stereocenters. The van der Waals surface area contributed by atoms with E-state index in [1.807, 2.05) is 88.0 Å². The number of carbonyl (C=O) groups excluding carboxylic acids is 2. The fourth-order valence-electron chi connectivity index (χ4n) is 3.35. The van der Waals surface area contributed by atoms with Crippen molar-refractivity contribution in [1.82, 2.24) is 4.90 Å². The monoisotopic (exact) mass is 409 g/mol. The van der Waals surface area contributed by atoms with Crippen LogP contribution < -0.4 is 10.2 Å². The number of hydrogen-bond acceptors (Lipinski definition) is 3. The molecule has 0 spiro atoms. The lowest BCUT2D eigenvalue weighted by atomic mass is 10.0. The second kappa shape index (κ2) is 10.3. The molecule has 0 aliphatic heterocycles. The smallest absolute Gasteiger partial charge is 0.226 e.